The molecule has 0 fully saturated rings. The Hall–Kier alpha value is -2.61. The van der Waals surface area contributed by atoms with E-state index < -0.39 is 17.0 Å². The summed E-state index contributed by atoms with van der Waals surface area (Å²) in [5.74, 6) is -0.128. The summed E-state index contributed by atoms with van der Waals surface area (Å²) in [5.41, 5.74) is 5.37. The number of nitro groups is 1. The zero-order valence-corrected chi connectivity index (χ0v) is 13.1. The minimum atomic E-state index is -0.840. The van der Waals surface area contributed by atoms with Gasteiger partial charge in [0.1, 0.15) is 6.10 Å². The first-order valence-corrected chi connectivity index (χ1v) is 6.96. The smallest absolute Gasteiger partial charge is 0.330 e. The average Bonchev–Trinajstić information content (AvgIpc) is 2.54. The Balaban J connectivity index is 3.21. The summed E-state index contributed by atoms with van der Waals surface area (Å²) in [7, 11) is 1.42. The number of nitrogens with two attached hydrogens (primary N) is 1. The second kappa shape index (κ2) is 8.74. The lowest BCUT2D eigenvalue weighted by molar-refractivity contribution is -0.386. The number of ether oxygens (including phenoxy) is 3. The van der Waals surface area contributed by atoms with E-state index in [-0.39, 0.29) is 17.0 Å². The largest absolute Gasteiger partial charge is 0.493 e. The van der Waals surface area contributed by atoms with E-state index in [9.17, 15) is 14.9 Å². The van der Waals surface area contributed by atoms with Gasteiger partial charge in [-0.3, -0.25) is 10.1 Å². The summed E-state index contributed by atoms with van der Waals surface area (Å²) in [6.45, 7) is 5.57. The number of nitro benzene ring substituents is 1. The fraction of sp³-hybridized carbons (Fsp3) is 0.400. The van der Waals surface area contributed by atoms with E-state index >= 15 is 0 Å². The quantitative estimate of drug-likeness (QED) is 0.243. The Morgan fingerprint density at radius 3 is 2.70 bits per heavy atom. The zero-order valence-electron chi connectivity index (χ0n) is 13.1. The Morgan fingerprint density at radius 2 is 2.17 bits per heavy atom. The molecule has 1 aromatic carbocycles. The molecule has 0 aliphatic heterocycles. The van der Waals surface area contributed by atoms with Crippen LogP contribution in [0.25, 0.3) is 0 Å². The molecule has 1 unspecified atom stereocenters. The van der Waals surface area contributed by atoms with Crippen molar-refractivity contribution in [2.24, 2.45) is 5.73 Å². The molecule has 0 amide bonds. The Morgan fingerprint density at radius 1 is 1.48 bits per heavy atom. The van der Waals surface area contributed by atoms with Crippen molar-refractivity contribution < 1.29 is 23.9 Å². The molecule has 0 saturated heterocycles. The molecule has 0 spiro atoms. The van der Waals surface area contributed by atoms with E-state index in [1.165, 1.54) is 26.2 Å². The summed E-state index contributed by atoms with van der Waals surface area (Å²) in [6, 6.07) is 2.68. The normalized spacial score (nSPS) is 11.4. The highest BCUT2D eigenvalue weighted by Gasteiger charge is 2.25. The number of rotatable bonds is 9. The number of hydrogen-bond donors (Lipinski definition) is 1. The van der Waals surface area contributed by atoms with Crippen molar-refractivity contribution in [3.63, 3.8) is 0 Å². The molecule has 0 heterocycles. The maximum Gasteiger partial charge on any atom is 0.330 e. The third-order valence-electron chi connectivity index (χ3n) is 3.01. The number of nitrogens with zero attached hydrogens (tertiary/aromatic N) is 1. The molecule has 1 rings (SSSR count). The first-order valence-electron chi connectivity index (χ1n) is 6.96. The van der Waals surface area contributed by atoms with E-state index in [1.807, 2.05) is 0 Å². The van der Waals surface area contributed by atoms with Gasteiger partial charge in [0, 0.05) is 6.08 Å². The second-order valence-electron chi connectivity index (χ2n) is 4.59. The molecule has 0 bridgehead atoms. The van der Waals surface area contributed by atoms with Crippen LogP contribution in [0.4, 0.5) is 5.69 Å². The molecule has 0 radical (unpaired) electrons. The number of esters is 1. The van der Waals surface area contributed by atoms with E-state index in [0.717, 1.165) is 6.08 Å². The molecule has 0 aliphatic carbocycles. The maximum absolute atomic E-state index is 11.3. The lowest BCUT2D eigenvalue weighted by Gasteiger charge is -2.16. The minimum Gasteiger partial charge on any atom is -0.493 e. The molecular weight excluding hydrogens is 304 g/mol. The number of carbonyl (C=O) groups is 1. The Bertz CT molecular complexity index is 588. The predicted molar refractivity (Wildman–Crippen MR) is 83.5 cm³/mol. The highest BCUT2D eigenvalue weighted by Crippen LogP contribution is 2.38. The number of carbonyl (C=O) groups excluding carboxylic acids is 1. The minimum absolute atomic E-state index is 0.202. The molecule has 0 saturated carbocycles. The van der Waals surface area contributed by atoms with Crippen LogP contribution in [0, 0.1) is 10.1 Å². The third kappa shape index (κ3) is 4.96. The van der Waals surface area contributed by atoms with Crippen LogP contribution in [0.15, 0.2) is 24.8 Å². The molecule has 2 N–H and O–H groups in total. The standard InChI is InChI=1S/C15H20N2O6/c1-4-15(18)23-10(2)11-8-13(21-3)14(22-7-5-6-16)9-12(11)17(19)20/h4,8-10H,1,5-7,16H2,2-3H3. The van der Waals surface area contributed by atoms with Crippen LogP contribution in [0.2, 0.25) is 0 Å². The summed E-state index contributed by atoms with van der Waals surface area (Å²) >= 11 is 0. The van der Waals surface area contributed by atoms with Crippen molar-refractivity contribution >= 4 is 11.7 Å². The van der Waals surface area contributed by atoms with Crippen LogP contribution in [0.3, 0.4) is 0 Å². The van der Waals surface area contributed by atoms with Crippen molar-refractivity contribution in [2.45, 2.75) is 19.4 Å². The first-order chi connectivity index (χ1) is 10.9. The van der Waals surface area contributed by atoms with E-state index in [0.29, 0.717) is 25.3 Å². The van der Waals surface area contributed by atoms with Gasteiger partial charge < -0.3 is 19.9 Å². The van der Waals surface area contributed by atoms with Crippen molar-refractivity contribution in [3.8, 4) is 11.5 Å². The molecule has 23 heavy (non-hydrogen) atoms. The molecular formula is C15H20N2O6. The molecule has 0 aromatic heterocycles. The highest BCUT2D eigenvalue weighted by atomic mass is 16.6. The predicted octanol–water partition coefficient (Wildman–Crippen LogP) is 2.12. The van der Waals surface area contributed by atoms with Crippen LogP contribution in [0.1, 0.15) is 25.0 Å². The molecule has 1 atom stereocenters. The SMILES string of the molecule is C=CC(=O)OC(C)c1cc(OC)c(OCCCN)cc1[N+](=O)[O-]. The molecule has 126 valence electrons. The number of methoxy groups -OCH3 is 1. The van der Waals surface area contributed by atoms with E-state index in [4.69, 9.17) is 19.9 Å². The van der Waals surface area contributed by atoms with Gasteiger partial charge in [0.05, 0.1) is 30.3 Å². The topological polar surface area (TPSA) is 114 Å². The van der Waals surface area contributed by atoms with Crippen LogP contribution in [-0.2, 0) is 9.53 Å². The summed E-state index contributed by atoms with van der Waals surface area (Å²) in [5, 5.41) is 11.3. The summed E-state index contributed by atoms with van der Waals surface area (Å²) in [4.78, 5) is 22.0. The van der Waals surface area contributed by atoms with E-state index in [1.54, 1.807) is 0 Å². The van der Waals surface area contributed by atoms with E-state index in [2.05, 4.69) is 6.58 Å². The summed E-state index contributed by atoms with van der Waals surface area (Å²) in [6.07, 6.45) is 0.753. The van der Waals surface area contributed by atoms with Gasteiger partial charge in [0.25, 0.3) is 5.69 Å². The Labute approximate surface area is 134 Å². The van der Waals surface area contributed by atoms with Crippen molar-refractivity contribution in [1.82, 2.24) is 0 Å². The fourth-order valence-electron chi connectivity index (χ4n) is 1.87. The highest BCUT2D eigenvalue weighted by molar-refractivity contribution is 5.81. The van der Waals surface area contributed by atoms with Gasteiger partial charge in [-0.05, 0) is 26.0 Å². The Kier molecular flexibility index (Phi) is 7.01. The average molecular weight is 324 g/mol. The van der Waals surface area contributed by atoms with Crippen LogP contribution < -0.4 is 15.2 Å². The first kappa shape index (κ1) is 18.4. The van der Waals surface area contributed by atoms with Crippen molar-refractivity contribution in [1.29, 1.82) is 0 Å². The van der Waals surface area contributed by atoms with Gasteiger partial charge >= 0.3 is 5.97 Å². The van der Waals surface area contributed by atoms with Gasteiger partial charge in [-0.15, -0.1) is 0 Å². The van der Waals surface area contributed by atoms with Crippen LogP contribution in [-0.4, -0.2) is 31.2 Å². The fourth-order valence-corrected chi connectivity index (χ4v) is 1.87. The molecule has 8 heteroatoms. The van der Waals surface area contributed by atoms with Crippen LogP contribution >= 0.6 is 0 Å². The van der Waals surface area contributed by atoms with Gasteiger partial charge in [-0.1, -0.05) is 6.58 Å². The number of benzene rings is 1. The van der Waals surface area contributed by atoms with Gasteiger partial charge in [-0.2, -0.15) is 0 Å². The summed E-state index contributed by atoms with van der Waals surface area (Å²) < 4.78 is 15.7. The molecule has 0 aliphatic rings. The lowest BCUT2D eigenvalue weighted by atomic mass is 10.1. The van der Waals surface area contributed by atoms with Crippen molar-refractivity contribution in [2.75, 3.05) is 20.3 Å². The molecule has 8 nitrogen and oxygen atoms in total. The number of hydrogen-bond acceptors (Lipinski definition) is 7. The van der Waals surface area contributed by atoms with Gasteiger partial charge in [-0.25, -0.2) is 4.79 Å². The zero-order chi connectivity index (χ0) is 17.4. The maximum atomic E-state index is 11.3. The van der Waals surface area contributed by atoms with Crippen LogP contribution in [0.5, 0.6) is 11.5 Å². The lowest BCUT2D eigenvalue weighted by Crippen LogP contribution is -2.10. The van der Waals surface area contributed by atoms with Gasteiger partial charge in [0.15, 0.2) is 11.5 Å². The second-order valence-corrected chi connectivity index (χ2v) is 4.59. The third-order valence-corrected chi connectivity index (χ3v) is 3.01. The molecule has 1 aromatic rings. The van der Waals surface area contributed by atoms with Crippen molar-refractivity contribution in [3.05, 3.63) is 40.5 Å². The van der Waals surface area contributed by atoms with Gasteiger partial charge in [0.2, 0.25) is 0 Å². The monoisotopic (exact) mass is 324 g/mol.